The van der Waals surface area contributed by atoms with Gasteiger partial charge in [-0.25, -0.2) is 9.78 Å². The molecule has 0 saturated heterocycles. The molecule has 1 aromatic carbocycles. The average molecular weight is 439 g/mol. The van der Waals surface area contributed by atoms with E-state index in [0.717, 1.165) is 16.9 Å². The minimum absolute atomic E-state index is 0.498. The van der Waals surface area contributed by atoms with Crippen LogP contribution in [0, 0.1) is 5.41 Å². The maximum atomic E-state index is 11.2. The van der Waals surface area contributed by atoms with E-state index in [1.807, 2.05) is 24.3 Å². The number of hydrogen-bond donors (Lipinski definition) is 3. The lowest BCUT2D eigenvalue weighted by Crippen LogP contribution is -2.26. The Hall–Kier alpha value is -3.70. The molecule has 0 aliphatic heterocycles. The first-order valence-corrected chi connectivity index (χ1v) is 8.89. The van der Waals surface area contributed by atoms with Crippen molar-refractivity contribution in [1.29, 1.82) is 0 Å². The number of aromatic nitrogens is 4. The monoisotopic (exact) mass is 439 g/mol. The third kappa shape index (κ3) is 6.66. The van der Waals surface area contributed by atoms with Gasteiger partial charge < -0.3 is 15.5 Å². The van der Waals surface area contributed by atoms with Gasteiger partial charge in [0, 0.05) is 6.54 Å². The van der Waals surface area contributed by atoms with Gasteiger partial charge in [0.25, 0.3) is 0 Å². The van der Waals surface area contributed by atoms with Gasteiger partial charge in [0.05, 0.1) is 17.8 Å². The summed E-state index contributed by atoms with van der Waals surface area (Å²) in [6, 6.07) is 7.93. The first-order valence-electron chi connectivity index (χ1n) is 8.89. The third-order valence-corrected chi connectivity index (χ3v) is 4.15. The van der Waals surface area contributed by atoms with Crippen molar-refractivity contribution in [3.63, 3.8) is 0 Å². The van der Waals surface area contributed by atoms with Crippen LogP contribution in [0.5, 0.6) is 0 Å². The molecule has 0 aliphatic rings. The molecule has 2 heterocycles. The highest BCUT2D eigenvalue weighted by Crippen LogP contribution is 2.22. The number of fused-ring (bicyclic) bond motifs is 1. The fourth-order valence-electron chi connectivity index (χ4n) is 2.43. The molecule has 0 fully saturated rings. The molecule has 3 aromatic rings. The second-order valence-electron chi connectivity index (χ2n) is 7.16. The Labute approximate surface area is 174 Å². The zero-order valence-electron chi connectivity index (χ0n) is 16.6. The number of nitrogens with one attached hydrogen (secondary N) is 1. The molecule has 9 nitrogen and oxygen atoms in total. The van der Waals surface area contributed by atoms with E-state index in [1.165, 1.54) is 6.33 Å². The van der Waals surface area contributed by atoms with Crippen LogP contribution in [0.4, 0.5) is 19.0 Å². The number of alkyl halides is 3. The molecule has 166 valence electrons. The Kier molecular flexibility index (Phi) is 7.16. The highest BCUT2D eigenvalue weighted by molar-refractivity contribution is 5.74. The van der Waals surface area contributed by atoms with E-state index in [-0.39, 0.29) is 0 Å². The van der Waals surface area contributed by atoms with Gasteiger partial charge in [-0.1, -0.05) is 24.3 Å². The fourth-order valence-corrected chi connectivity index (χ4v) is 2.43. The summed E-state index contributed by atoms with van der Waals surface area (Å²) in [5.41, 5.74) is 2.01. The first-order chi connectivity index (χ1) is 14.4. The van der Waals surface area contributed by atoms with Crippen LogP contribution in [0.1, 0.15) is 25.0 Å². The second-order valence-corrected chi connectivity index (χ2v) is 7.16. The van der Waals surface area contributed by atoms with Crippen molar-refractivity contribution in [2.45, 2.75) is 33.0 Å². The Balaban J connectivity index is 0.000000423. The van der Waals surface area contributed by atoms with Crippen LogP contribution >= 0.6 is 0 Å². The van der Waals surface area contributed by atoms with Crippen molar-refractivity contribution in [3.05, 3.63) is 54.1 Å². The van der Waals surface area contributed by atoms with Gasteiger partial charge in [-0.2, -0.15) is 22.8 Å². The summed E-state index contributed by atoms with van der Waals surface area (Å²) < 4.78 is 33.4. The lowest BCUT2D eigenvalue weighted by atomic mass is 9.86. The molecule has 0 aliphatic carbocycles. The lowest BCUT2D eigenvalue weighted by Gasteiger charge is -2.19. The van der Waals surface area contributed by atoms with E-state index in [1.54, 1.807) is 30.8 Å². The molecular weight excluding hydrogens is 419 g/mol. The lowest BCUT2D eigenvalue weighted by molar-refractivity contribution is -0.192. The molecule has 3 rings (SSSR count). The number of anilines is 1. The summed E-state index contributed by atoms with van der Waals surface area (Å²) in [7, 11) is 0. The largest absolute Gasteiger partial charge is 0.490 e. The second kappa shape index (κ2) is 9.41. The Bertz CT molecular complexity index is 1050. The SMILES string of the molecule is CC(C)(Cc1ccc(CNc2cncc3ncnn23)cc1)C(=O)O.O=C(O)C(F)(F)F. The molecular formula is C19H20F3N5O4. The average Bonchev–Trinajstić information content (AvgIpc) is 3.16. The number of nitrogens with zero attached hydrogens (tertiary/aromatic N) is 4. The number of carbonyl (C=O) groups is 2. The molecule has 0 saturated carbocycles. The van der Waals surface area contributed by atoms with Crippen molar-refractivity contribution < 1.29 is 33.0 Å². The van der Waals surface area contributed by atoms with Gasteiger partial charge >= 0.3 is 18.1 Å². The molecule has 0 amide bonds. The van der Waals surface area contributed by atoms with E-state index in [0.29, 0.717) is 18.6 Å². The number of hydrogen-bond acceptors (Lipinski definition) is 6. The Morgan fingerprint density at radius 2 is 1.61 bits per heavy atom. The summed E-state index contributed by atoms with van der Waals surface area (Å²) in [5, 5.41) is 23.8. The number of carboxylic acid groups (broad SMARTS) is 2. The minimum atomic E-state index is -5.08. The van der Waals surface area contributed by atoms with E-state index >= 15 is 0 Å². The summed E-state index contributed by atoms with van der Waals surface area (Å²) in [6.45, 7) is 4.08. The van der Waals surface area contributed by atoms with E-state index in [9.17, 15) is 23.1 Å². The van der Waals surface area contributed by atoms with E-state index in [2.05, 4.69) is 20.4 Å². The highest BCUT2D eigenvalue weighted by Gasteiger charge is 2.38. The predicted octanol–water partition coefficient (Wildman–Crippen LogP) is 3.02. The molecule has 0 radical (unpaired) electrons. The molecule has 0 unspecified atom stereocenters. The van der Waals surface area contributed by atoms with Gasteiger partial charge in [0.2, 0.25) is 0 Å². The summed E-state index contributed by atoms with van der Waals surface area (Å²) >= 11 is 0. The van der Waals surface area contributed by atoms with Crippen molar-refractivity contribution >= 4 is 23.4 Å². The Morgan fingerprint density at radius 1 is 1.03 bits per heavy atom. The normalized spacial score (nSPS) is 11.5. The van der Waals surface area contributed by atoms with Crippen molar-refractivity contribution in [2.24, 2.45) is 5.41 Å². The number of aliphatic carboxylic acids is 2. The van der Waals surface area contributed by atoms with Crippen LogP contribution in [-0.4, -0.2) is 47.9 Å². The number of carboxylic acids is 2. The van der Waals surface area contributed by atoms with Crippen LogP contribution in [0.25, 0.3) is 5.65 Å². The van der Waals surface area contributed by atoms with Crippen molar-refractivity contribution in [2.75, 3.05) is 5.32 Å². The standard InChI is InChI=1S/C17H19N5O2.C2HF3O2/c1-17(2,16(23)24)7-12-3-5-13(6-4-12)8-19-14-9-18-10-15-20-11-21-22(14)15;3-2(4,5)1(6)7/h3-6,9-11,19H,7-8H2,1-2H3,(H,23,24);(H,6,7). The van der Waals surface area contributed by atoms with Crippen LogP contribution in [0.2, 0.25) is 0 Å². The van der Waals surface area contributed by atoms with Crippen LogP contribution in [-0.2, 0) is 22.6 Å². The molecule has 0 spiro atoms. The highest BCUT2D eigenvalue weighted by atomic mass is 19.4. The quantitative estimate of drug-likeness (QED) is 0.534. The topological polar surface area (TPSA) is 130 Å². The van der Waals surface area contributed by atoms with E-state index in [4.69, 9.17) is 9.90 Å². The summed E-state index contributed by atoms with van der Waals surface area (Å²) in [6.07, 6.45) is 0.252. The molecule has 0 bridgehead atoms. The van der Waals surface area contributed by atoms with Crippen LogP contribution < -0.4 is 5.32 Å². The molecule has 0 atom stereocenters. The van der Waals surface area contributed by atoms with Crippen LogP contribution in [0.15, 0.2) is 43.0 Å². The maximum Gasteiger partial charge on any atom is 0.490 e. The predicted molar refractivity (Wildman–Crippen MR) is 103 cm³/mol. The van der Waals surface area contributed by atoms with Crippen molar-refractivity contribution in [1.82, 2.24) is 19.6 Å². The van der Waals surface area contributed by atoms with Crippen molar-refractivity contribution in [3.8, 4) is 0 Å². The first kappa shape index (κ1) is 23.6. The van der Waals surface area contributed by atoms with Gasteiger partial charge in [-0.3, -0.25) is 9.78 Å². The van der Waals surface area contributed by atoms with Gasteiger partial charge in [0.1, 0.15) is 12.1 Å². The molecule has 12 heteroatoms. The Morgan fingerprint density at radius 3 is 2.16 bits per heavy atom. The van der Waals surface area contributed by atoms with Gasteiger partial charge in [0.15, 0.2) is 5.65 Å². The minimum Gasteiger partial charge on any atom is -0.481 e. The van der Waals surface area contributed by atoms with Gasteiger partial charge in [-0.05, 0) is 31.4 Å². The molecule has 2 aromatic heterocycles. The zero-order valence-corrected chi connectivity index (χ0v) is 16.6. The van der Waals surface area contributed by atoms with Crippen LogP contribution in [0.3, 0.4) is 0 Å². The number of rotatable bonds is 6. The zero-order chi connectivity index (χ0) is 23.2. The number of halogens is 3. The fraction of sp³-hybridized carbons (Fsp3) is 0.316. The molecule has 3 N–H and O–H groups in total. The third-order valence-electron chi connectivity index (χ3n) is 4.15. The van der Waals surface area contributed by atoms with E-state index < -0.39 is 23.5 Å². The smallest absolute Gasteiger partial charge is 0.481 e. The number of benzene rings is 1. The summed E-state index contributed by atoms with van der Waals surface area (Å²) in [4.78, 5) is 28.3. The summed E-state index contributed by atoms with van der Waals surface area (Å²) in [5.74, 6) is -2.78. The molecule has 31 heavy (non-hydrogen) atoms. The van der Waals surface area contributed by atoms with Gasteiger partial charge in [-0.15, -0.1) is 0 Å². The maximum absolute atomic E-state index is 11.2.